The number of nitrogens with two attached hydrogens (primary N) is 1. The molecule has 36 heavy (non-hydrogen) atoms. The van der Waals surface area contributed by atoms with Crippen LogP contribution in [0.5, 0.6) is 5.75 Å². The molecule has 0 spiro atoms. The van der Waals surface area contributed by atoms with Gasteiger partial charge in [0.05, 0.1) is 24.7 Å². The van der Waals surface area contributed by atoms with Crippen molar-refractivity contribution in [2.45, 2.75) is 32.3 Å². The van der Waals surface area contributed by atoms with Gasteiger partial charge in [0.2, 0.25) is 6.34 Å². The van der Waals surface area contributed by atoms with Crippen LogP contribution in [0.25, 0.3) is 0 Å². The minimum absolute atomic E-state index is 0.216. The first-order valence-electron chi connectivity index (χ1n) is 12.8. The van der Waals surface area contributed by atoms with Gasteiger partial charge in [0.25, 0.3) is 0 Å². The smallest absolute Gasteiger partial charge is 0.205 e. The molecule has 2 heterocycles. The number of benzene rings is 2. The summed E-state index contributed by atoms with van der Waals surface area (Å²) in [6.45, 7) is 2.46. The highest BCUT2D eigenvalue weighted by Crippen LogP contribution is 2.43. The second kappa shape index (κ2) is 10.8. The van der Waals surface area contributed by atoms with Gasteiger partial charge in [-0.25, -0.2) is 4.99 Å². The molecule has 7 nitrogen and oxygen atoms in total. The van der Waals surface area contributed by atoms with E-state index in [0.717, 1.165) is 48.6 Å². The third kappa shape index (κ3) is 5.00. The summed E-state index contributed by atoms with van der Waals surface area (Å²) in [4.78, 5) is 11.7. The van der Waals surface area contributed by atoms with Crippen molar-refractivity contribution >= 4 is 23.9 Å². The number of aliphatic imine (C=N–C) groups is 2. The van der Waals surface area contributed by atoms with E-state index < -0.39 is 0 Å². The van der Waals surface area contributed by atoms with E-state index in [2.05, 4.69) is 29.2 Å². The summed E-state index contributed by atoms with van der Waals surface area (Å²) in [5, 5.41) is 9.20. The molecule has 0 aromatic heterocycles. The molecule has 0 saturated heterocycles. The van der Waals surface area contributed by atoms with Crippen LogP contribution in [0.1, 0.15) is 31.2 Å². The van der Waals surface area contributed by atoms with Crippen LogP contribution < -0.4 is 15.0 Å². The summed E-state index contributed by atoms with van der Waals surface area (Å²) in [6.07, 6.45) is 12.5. The Bertz CT molecular complexity index is 1180. The fourth-order valence-electron chi connectivity index (χ4n) is 5.55. The maximum atomic E-state index is 9.20. The summed E-state index contributed by atoms with van der Waals surface area (Å²) in [5.74, 6) is 1.78. The first kappa shape index (κ1) is 24.4. The van der Waals surface area contributed by atoms with Crippen LogP contribution >= 0.6 is 0 Å². The molecule has 3 N–H and O–H groups in total. The average molecular weight is 487 g/mol. The van der Waals surface area contributed by atoms with Gasteiger partial charge in [0.15, 0.2) is 11.4 Å². The Morgan fingerprint density at radius 3 is 2.69 bits per heavy atom. The molecule has 1 aliphatic carbocycles. The van der Waals surface area contributed by atoms with Gasteiger partial charge in [0.1, 0.15) is 24.3 Å². The number of anilines is 1. The lowest BCUT2D eigenvalue weighted by Gasteiger charge is -2.32. The van der Waals surface area contributed by atoms with E-state index >= 15 is 0 Å². The summed E-state index contributed by atoms with van der Waals surface area (Å²) < 4.78 is 6.53. The van der Waals surface area contributed by atoms with Crippen molar-refractivity contribution in [2.75, 3.05) is 32.5 Å². The Kier molecular flexibility index (Phi) is 7.32. The molecule has 2 aromatic rings. The summed E-state index contributed by atoms with van der Waals surface area (Å²) in [5.41, 5.74) is 11.3. The Morgan fingerprint density at radius 2 is 1.92 bits per heavy atom. The molecule has 188 valence electrons. The van der Waals surface area contributed by atoms with E-state index in [0.29, 0.717) is 34.4 Å². The van der Waals surface area contributed by atoms with Gasteiger partial charge >= 0.3 is 0 Å². The molecule has 2 aliphatic heterocycles. The number of aliphatic hydroxyl groups is 1. The second-order valence-electron chi connectivity index (χ2n) is 10.1. The highest BCUT2D eigenvalue weighted by Gasteiger charge is 2.43. The van der Waals surface area contributed by atoms with E-state index in [1.807, 2.05) is 61.2 Å². The third-order valence-electron chi connectivity index (χ3n) is 7.57. The SMILES string of the molecule is CN(CCO)CC1CCC(C2=C3C=NC=C[N+]3(c3ccc(N)c(OCc4ccccc4)c3)C=N2)CC1. The van der Waals surface area contributed by atoms with Gasteiger partial charge < -0.3 is 20.5 Å². The van der Waals surface area contributed by atoms with E-state index in [1.165, 1.54) is 12.8 Å². The monoisotopic (exact) mass is 486 g/mol. The lowest BCUT2D eigenvalue weighted by Crippen LogP contribution is -2.41. The number of rotatable bonds is 9. The Morgan fingerprint density at radius 1 is 1.11 bits per heavy atom. The Hall–Kier alpha value is -3.26. The van der Waals surface area contributed by atoms with Crippen molar-refractivity contribution in [3.05, 3.63) is 77.9 Å². The van der Waals surface area contributed by atoms with Gasteiger partial charge in [-0.2, -0.15) is 4.48 Å². The lowest BCUT2D eigenvalue weighted by molar-refractivity contribution is 0.177. The minimum Gasteiger partial charge on any atom is -0.487 e. The number of aliphatic hydroxyl groups excluding tert-OH is 1. The number of hydrogen-bond donors (Lipinski definition) is 2. The van der Waals surface area contributed by atoms with E-state index in [1.54, 1.807) is 0 Å². The largest absolute Gasteiger partial charge is 0.487 e. The third-order valence-corrected chi connectivity index (χ3v) is 7.57. The highest BCUT2D eigenvalue weighted by molar-refractivity contribution is 5.98. The number of fused-ring (bicyclic) bond motifs is 1. The van der Waals surface area contributed by atoms with Crippen molar-refractivity contribution in [3.63, 3.8) is 0 Å². The van der Waals surface area contributed by atoms with Gasteiger partial charge in [0, 0.05) is 31.1 Å². The van der Waals surface area contributed by atoms with E-state index in [9.17, 15) is 5.11 Å². The molecular formula is C29H36N5O2+. The number of likely N-dealkylation sites (N-methyl/N-ethyl adjacent to an activating group) is 1. The number of hydrogen-bond acceptors (Lipinski definition) is 6. The Labute approximate surface area is 213 Å². The average Bonchev–Trinajstić information content (AvgIpc) is 3.30. The Balaban J connectivity index is 1.35. The van der Waals surface area contributed by atoms with Gasteiger partial charge in [-0.15, -0.1) is 0 Å². The van der Waals surface area contributed by atoms with Crippen molar-refractivity contribution in [1.82, 2.24) is 9.38 Å². The van der Waals surface area contributed by atoms with Crippen molar-refractivity contribution < 1.29 is 9.84 Å². The summed E-state index contributed by atoms with van der Waals surface area (Å²) in [6, 6.07) is 16.1. The summed E-state index contributed by atoms with van der Waals surface area (Å²) in [7, 11) is 2.09. The zero-order chi connectivity index (χ0) is 25.0. The molecule has 3 aliphatic rings. The molecule has 1 unspecified atom stereocenters. The van der Waals surface area contributed by atoms with Crippen LogP contribution in [-0.2, 0) is 6.61 Å². The van der Waals surface area contributed by atoms with Crippen LogP contribution in [0.3, 0.4) is 0 Å². The zero-order valence-corrected chi connectivity index (χ0v) is 21.0. The highest BCUT2D eigenvalue weighted by atomic mass is 16.5. The van der Waals surface area contributed by atoms with Crippen molar-refractivity contribution in [2.24, 2.45) is 21.8 Å². The standard InChI is InChI=1S/C29H36N5O2/c1-33(14-16-35)19-22-7-9-24(10-8-22)29-27-18-31-13-15-34(27,21-32-29)25-11-12-26(30)28(17-25)36-20-23-5-3-2-4-6-23/h2-6,11-13,15,17-18,21-22,24,35H,7-10,14,16,19-20,30H2,1H3/q+1. The summed E-state index contributed by atoms with van der Waals surface area (Å²) >= 11 is 0. The molecule has 5 rings (SSSR count). The molecule has 2 aromatic carbocycles. The van der Waals surface area contributed by atoms with Crippen molar-refractivity contribution in [1.29, 1.82) is 0 Å². The topological polar surface area (TPSA) is 83.4 Å². The normalized spacial score (nSPS) is 25.0. The fourth-order valence-corrected chi connectivity index (χ4v) is 5.55. The second-order valence-corrected chi connectivity index (χ2v) is 10.1. The van der Waals surface area contributed by atoms with Gasteiger partial charge in [-0.3, -0.25) is 4.99 Å². The first-order chi connectivity index (χ1) is 17.6. The van der Waals surface area contributed by atoms with Crippen LogP contribution in [-0.4, -0.2) is 49.3 Å². The van der Waals surface area contributed by atoms with E-state index in [-0.39, 0.29) is 6.61 Å². The quantitative estimate of drug-likeness (QED) is 0.398. The maximum Gasteiger partial charge on any atom is 0.205 e. The molecule has 7 heteroatoms. The number of allylic oxidation sites excluding steroid dienone is 2. The van der Waals surface area contributed by atoms with Crippen molar-refractivity contribution in [3.8, 4) is 5.75 Å². The van der Waals surface area contributed by atoms with Crippen LogP contribution in [0.15, 0.2) is 82.3 Å². The van der Waals surface area contributed by atoms with Crippen LogP contribution in [0, 0.1) is 11.8 Å². The van der Waals surface area contributed by atoms with Gasteiger partial charge in [-0.05, 0) is 50.3 Å². The first-order valence-corrected chi connectivity index (χ1v) is 12.8. The van der Waals surface area contributed by atoms with E-state index in [4.69, 9.17) is 15.5 Å². The lowest BCUT2D eigenvalue weighted by atomic mass is 9.80. The molecule has 1 fully saturated rings. The van der Waals surface area contributed by atoms with Crippen LogP contribution in [0.4, 0.5) is 11.4 Å². The molecular weight excluding hydrogens is 450 g/mol. The number of nitrogens with zero attached hydrogens (tertiary/aromatic N) is 4. The van der Waals surface area contributed by atoms with Crippen LogP contribution in [0.2, 0.25) is 0 Å². The molecule has 0 radical (unpaired) electrons. The molecule has 1 atom stereocenters. The molecule has 1 saturated carbocycles. The predicted octanol–water partition coefficient (Wildman–Crippen LogP) is 4.69. The molecule has 0 amide bonds. The number of ether oxygens (including phenoxy) is 1. The number of quaternary nitrogens is 1. The van der Waals surface area contributed by atoms with Gasteiger partial charge in [-0.1, -0.05) is 30.3 Å². The molecule has 0 bridgehead atoms. The fraction of sp³-hybridized carbons (Fsp3) is 0.379. The minimum atomic E-state index is 0.216. The zero-order valence-electron chi connectivity index (χ0n) is 21.0. The predicted molar refractivity (Wildman–Crippen MR) is 147 cm³/mol. The maximum absolute atomic E-state index is 9.20. The number of nitrogen functional groups attached to an aromatic ring is 1.